The molecule has 0 radical (unpaired) electrons. The Labute approximate surface area is 110 Å². The lowest BCUT2D eigenvalue weighted by Gasteiger charge is -2.37. The Morgan fingerprint density at radius 2 is 2.16 bits per heavy atom. The summed E-state index contributed by atoms with van der Waals surface area (Å²) in [6.07, 6.45) is -4.35. The number of rotatable bonds is 2. The lowest BCUT2D eigenvalue weighted by Crippen LogP contribution is -2.60. The molecule has 0 bridgehead atoms. The van der Waals surface area contributed by atoms with Crippen molar-refractivity contribution in [3.8, 4) is 0 Å². The van der Waals surface area contributed by atoms with E-state index >= 15 is 0 Å². The first-order chi connectivity index (χ1) is 8.75. The molecule has 2 aliphatic heterocycles. The van der Waals surface area contributed by atoms with Gasteiger partial charge in [0.1, 0.15) is 17.8 Å². The molecular formula is C11H18N2O6. The van der Waals surface area contributed by atoms with Gasteiger partial charge in [-0.2, -0.15) is 0 Å². The summed E-state index contributed by atoms with van der Waals surface area (Å²) >= 11 is 0. The molecule has 8 heteroatoms. The van der Waals surface area contributed by atoms with Gasteiger partial charge in [-0.3, -0.25) is 15.0 Å². The molecule has 2 saturated heterocycles. The van der Waals surface area contributed by atoms with E-state index in [0.29, 0.717) is 0 Å². The number of urea groups is 1. The maximum absolute atomic E-state index is 11.7. The average molecular weight is 274 g/mol. The number of hydrogen-bond donors (Lipinski definition) is 4. The zero-order valence-corrected chi connectivity index (χ0v) is 10.7. The van der Waals surface area contributed by atoms with Crippen molar-refractivity contribution in [3.63, 3.8) is 0 Å². The molecule has 2 aliphatic rings. The topological polar surface area (TPSA) is 119 Å². The van der Waals surface area contributed by atoms with Crippen LogP contribution in [-0.4, -0.2) is 68.8 Å². The van der Waals surface area contributed by atoms with Gasteiger partial charge in [-0.25, -0.2) is 4.79 Å². The Kier molecular flexibility index (Phi) is 3.52. The summed E-state index contributed by atoms with van der Waals surface area (Å²) in [4.78, 5) is 23.9. The quantitative estimate of drug-likeness (QED) is 0.469. The number of imide groups is 1. The van der Waals surface area contributed by atoms with Gasteiger partial charge in [-0.15, -0.1) is 0 Å². The molecule has 2 heterocycles. The molecule has 2 rings (SSSR count). The minimum Gasteiger partial charge on any atom is -0.391 e. The Bertz CT molecular complexity index is 397. The molecule has 2 fully saturated rings. The van der Waals surface area contributed by atoms with Crippen LogP contribution in [0.1, 0.15) is 20.3 Å². The van der Waals surface area contributed by atoms with Crippen LogP contribution in [0.2, 0.25) is 0 Å². The van der Waals surface area contributed by atoms with Gasteiger partial charge in [0.2, 0.25) is 5.91 Å². The van der Waals surface area contributed by atoms with E-state index in [9.17, 15) is 24.9 Å². The minimum atomic E-state index is -1.72. The van der Waals surface area contributed by atoms with Crippen molar-refractivity contribution in [1.29, 1.82) is 0 Å². The van der Waals surface area contributed by atoms with Crippen LogP contribution in [0.3, 0.4) is 0 Å². The summed E-state index contributed by atoms with van der Waals surface area (Å²) in [6.45, 7) is 2.84. The maximum Gasteiger partial charge on any atom is 0.326 e. The molecular weight excluding hydrogens is 256 g/mol. The van der Waals surface area contributed by atoms with Crippen molar-refractivity contribution in [2.45, 2.75) is 50.4 Å². The summed E-state index contributed by atoms with van der Waals surface area (Å²) in [7, 11) is 0. The molecule has 19 heavy (non-hydrogen) atoms. The molecule has 0 saturated carbocycles. The molecule has 0 spiro atoms. The number of aliphatic hydroxyl groups excluding tert-OH is 2. The van der Waals surface area contributed by atoms with E-state index in [1.54, 1.807) is 0 Å². The summed E-state index contributed by atoms with van der Waals surface area (Å²) in [5, 5.41) is 31.9. The average Bonchev–Trinajstić information content (AvgIpc) is 2.52. The number of carbonyl (C=O) groups excluding carboxylic acids is 2. The lowest BCUT2D eigenvalue weighted by atomic mass is 9.94. The molecule has 0 aromatic rings. The second-order valence-corrected chi connectivity index (χ2v) is 5.16. The fourth-order valence-corrected chi connectivity index (χ4v) is 2.41. The number of nitrogens with one attached hydrogen (secondary N) is 1. The van der Waals surface area contributed by atoms with Crippen molar-refractivity contribution in [3.05, 3.63) is 0 Å². The second-order valence-electron chi connectivity index (χ2n) is 5.16. The van der Waals surface area contributed by atoms with Gasteiger partial charge in [0.05, 0.1) is 6.10 Å². The number of ether oxygens (including phenoxy) is 1. The van der Waals surface area contributed by atoms with Crippen molar-refractivity contribution in [2.24, 2.45) is 0 Å². The number of nitrogens with zero attached hydrogens (tertiary/aromatic N) is 1. The lowest BCUT2D eigenvalue weighted by molar-refractivity contribution is -0.136. The van der Waals surface area contributed by atoms with Crippen LogP contribution < -0.4 is 5.32 Å². The molecule has 8 nitrogen and oxygen atoms in total. The van der Waals surface area contributed by atoms with E-state index in [2.05, 4.69) is 5.32 Å². The Hall–Kier alpha value is -1.22. The third-order valence-electron chi connectivity index (χ3n) is 3.54. The van der Waals surface area contributed by atoms with Crippen LogP contribution >= 0.6 is 0 Å². The van der Waals surface area contributed by atoms with Crippen LogP contribution in [0.25, 0.3) is 0 Å². The monoisotopic (exact) mass is 274 g/mol. The van der Waals surface area contributed by atoms with Crippen LogP contribution in [0.5, 0.6) is 0 Å². The van der Waals surface area contributed by atoms with Crippen molar-refractivity contribution in [2.75, 3.05) is 6.54 Å². The maximum atomic E-state index is 11.7. The van der Waals surface area contributed by atoms with Gasteiger partial charge >= 0.3 is 6.03 Å². The van der Waals surface area contributed by atoms with E-state index in [1.165, 1.54) is 13.8 Å². The summed E-state index contributed by atoms with van der Waals surface area (Å²) in [6, 6.07) is -0.681. The fraction of sp³-hybridized carbons (Fsp3) is 0.818. The largest absolute Gasteiger partial charge is 0.391 e. The summed E-state index contributed by atoms with van der Waals surface area (Å²) < 4.78 is 5.40. The molecule has 0 aliphatic carbocycles. The highest BCUT2D eigenvalue weighted by Crippen LogP contribution is 2.35. The first-order valence-electron chi connectivity index (χ1n) is 6.09. The van der Waals surface area contributed by atoms with Crippen LogP contribution in [0.4, 0.5) is 4.79 Å². The summed E-state index contributed by atoms with van der Waals surface area (Å²) in [5.41, 5.74) is -1.72. The second kappa shape index (κ2) is 4.71. The highest BCUT2D eigenvalue weighted by atomic mass is 16.6. The SMILES string of the molecule is C[C@@H](O)[C@H]1O[C@@H](N2CCC(=O)NC2=O)[C@](C)(O)[C@@H]1O. The molecule has 108 valence electrons. The van der Waals surface area contributed by atoms with Crippen molar-refractivity contribution < 1.29 is 29.6 Å². The van der Waals surface area contributed by atoms with Gasteiger partial charge in [-0.1, -0.05) is 0 Å². The third-order valence-corrected chi connectivity index (χ3v) is 3.54. The first-order valence-corrected chi connectivity index (χ1v) is 6.09. The first kappa shape index (κ1) is 14.2. The molecule has 0 aromatic heterocycles. The Morgan fingerprint density at radius 3 is 2.63 bits per heavy atom. The summed E-state index contributed by atoms with van der Waals surface area (Å²) in [5.74, 6) is -0.397. The molecule has 0 aromatic carbocycles. The van der Waals surface area contributed by atoms with Crippen LogP contribution in [-0.2, 0) is 9.53 Å². The van der Waals surface area contributed by atoms with Crippen LogP contribution in [0.15, 0.2) is 0 Å². The normalized spacial score (nSPS) is 41.3. The smallest absolute Gasteiger partial charge is 0.326 e. The van der Waals surface area contributed by atoms with Gasteiger partial charge in [0, 0.05) is 13.0 Å². The predicted octanol–water partition coefficient (Wildman–Crippen LogP) is -1.85. The number of amides is 3. The van der Waals surface area contributed by atoms with Gasteiger partial charge < -0.3 is 20.1 Å². The standard InChI is InChI=1S/C11H18N2O6/c1-5(14)7-8(16)11(2,18)9(19-7)13-4-3-6(15)12-10(13)17/h5,7-9,14,16,18H,3-4H2,1-2H3,(H,12,15,17)/t5-,7-,8-,9-,11-/m1/s1. The van der Waals surface area contributed by atoms with Crippen molar-refractivity contribution >= 4 is 11.9 Å². The highest BCUT2D eigenvalue weighted by Gasteiger charge is 2.57. The molecule has 5 atom stereocenters. The predicted molar refractivity (Wildman–Crippen MR) is 61.8 cm³/mol. The zero-order chi connectivity index (χ0) is 14.4. The zero-order valence-electron chi connectivity index (χ0n) is 10.7. The third kappa shape index (κ3) is 2.32. The molecule has 3 amide bonds. The Balaban J connectivity index is 2.20. The molecule has 0 unspecified atom stereocenters. The highest BCUT2D eigenvalue weighted by molar-refractivity contribution is 5.96. The Morgan fingerprint density at radius 1 is 1.53 bits per heavy atom. The number of hydrogen-bond acceptors (Lipinski definition) is 6. The van der Waals surface area contributed by atoms with Crippen molar-refractivity contribution in [1.82, 2.24) is 10.2 Å². The fourth-order valence-electron chi connectivity index (χ4n) is 2.41. The van der Waals surface area contributed by atoms with E-state index < -0.39 is 42.1 Å². The number of aliphatic hydroxyl groups is 3. The van der Waals surface area contributed by atoms with Gasteiger partial charge in [-0.05, 0) is 13.8 Å². The van der Waals surface area contributed by atoms with E-state index in [-0.39, 0.29) is 13.0 Å². The van der Waals surface area contributed by atoms with Gasteiger partial charge in [0.15, 0.2) is 6.23 Å². The van der Waals surface area contributed by atoms with E-state index in [0.717, 1.165) is 4.90 Å². The van der Waals surface area contributed by atoms with Crippen LogP contribution in [0, 0.1) is 0 Å². The minimum absolute atomic E-state index is 0.0880. The molecule has 4 N–H and O–H groups in total. The van der Waals surface area contributed by atoms with E-state index in [4.69, 9.17) is 4.74 Å². The number of carbonyl (C=O) groups is 2. The van der Waals surface area contributed by atoms with E-state index in [1.807, 2.05) is 0 Å². The van der Waals surface area contributed by atoms with Gasteiger partial charge in [0.25, 0.3) is 0 Å².